The number of carbonyl (C=O) groups excluding carboxylic acids is 2. The van der Waals surface area contributed by atoms with Crippen molar-refractivity contribution in [2.24, 2.45) is 5.92 Å². The molecular formula is C14H22N2O2. The molecule has 2 amide bonds. The summed E-state index contributed by atoms with van der Waals surface area (Å²) in [6.45, 7) is 3.68. The molecule has 0 N–H and O–H groups in total. The molecule has 0 aromatic heterocycles. The average molecular weight is 250 g/mol. The minimum absolute atomic E-state index is 0.143. The molecule has 0 aromatic carbocycles. The van der Waals surface area contributed by atoms with Crippen LogP contribution < -0.4 is 0 Å². The normalized spacial score (nSPS) is 37.1. The van der Waals surface area contributed by atoms with Crippen LogP contribution in [0.3, 0.4) is 0 Å². The summed E-state index contributed by atoms with van der Waals surface area (Å²) in [4.78, 5) is 28.5. The van der Waals surface area contributed by atoms with Gasteiger partial charge in [-0.15, -0.1) is 0 Å². The maximum absolute atomic E-state index is 12.6. The zero-order valence-corrected chi connectivity index (χ0v) is 11.1. The Hall–Kier alpha value is -1.06. The number of hydrogen-bond donors (Lipinski definition) is 0. The Morgan fingerprint density at radius 3 is 2.61 bits per heavy atom. The fourth-order valence-electron chi connectivity index (χ4n) is 3.81. The maximum atomic E-state index is 12.6. The van der Waals surface area contributed by atoms with E-state index < -0.39 is 0 Å². The monoisotopic (exact) mass is 250 g/mol. The molecule has 3 atom stereocenters. The van der Waals surface area contributed by atoms with Gasteiger partial charge in [-0.25, -0.2) is 0 Å². The Bertz CT molecular complexity index is 369. The molecule has 1 saturated carbocycles. The Labute approximate surface area is 108 Å². The first-order chi connectivity index (χ1) is 8.66. The predicted molar refractivity (Wildman–Crippen MR) is 67.9 cm³/mol. The van der Waals surface area contributed by atoms with Crippen LogP contribution in [-0.2, 0) is 9.59 Å². The van der Waals surface area contributed by atoms with E-state index >= 15 is 0 Å². The van der Waals surface area contributed by atoms with Crippen LogP contribution in [0.25, 0.3) is 0 Å². The standard InChI is InChI=1S/C14H22N2O2/c1-10-4-5-11(9-10)15-8-6-13(17)16-7-2-3-12(16)14(15)18/h10-12H,2-9H2,1H3. The van der Waals surface area contributed by atoms with Gasteiger partial charge in [0.15, 0.2) is 0 Å². The number of amides is 2. The molecule has 3 unspecified atom stereocenters. The molecular weight excluding hydrogens is 228 g/mol. The van der Waals surface area contributed by atoms with Gasteiger partial charge in [-0.05, 0) is 38.0 Å². The van der Waals surface area contributed by atoms with Crippen molar-refractivity contribution in [1.29, 1.82) is 0 Å². The smallest absolute Gasteiger partial charge is 0.245 e. The van der Waals surface area contributed by atoms with Crippen LogP contribution in [-0.4, -0.2) is 46.8 Å². The lowest BCUT2D eigenvalue weighted by Gasteiger charge is -2.30. The van der Waals surface area contributed by atoms with Gasteiger partial charge in [-0.2, -0.15) is 0 Å². The first-order valence-electron chi connectivity index (χ1n) is 7.27. The van der Waals surface area contributed by atoms with Crippen molar-refractivity contribution in [1.82, 2.24) is 9.80 Å². The lowest BCUT2D eigenvalue weighted by Crippen LogP contribution is -2.47. The van der Waals surface area contributed by atoms with Gasteiger partial charge in [0.1, 0.15) is 6.04 Å². The van der Waals surface area contributed by atoms with Gasteiger partial charge in [0.05, 0.1) is 0 Å². The molecule has 0 spiro atoms. The molecule has 3 aliphatic rings. The van der Waals surface area contributed by atoms with Crippen molar-refractivity contribution < 1.29 is 9.59 Å². The summed E-state index contributed by atoms with van der Waals surface area (Å²) in [7, 11) is 0. The minimum atomic E-state index is -0.143. The largest absolute Gasteiger partial charge is 0.337 e. The van der Waals surface area contributed by atoms with Gasteiger partial charge < -0.3 is 9.80 Å². The van der Waals surface area contributed by atoms with Crippen molar-refractivity contribution in [2.45, 2.75) is 57.5 Å². The molecule has 2 saturated heterocycles. The van der Waals surface area contributed by atoms with E-state index in [-0.39, 0.29) is 17.9 Å². The zero-order valence-electron chi connectivity index (χ0n) is 11.1. The lowest BCUT2D eigenvalue weighted by molar-refractivity contribution is -0.140. The molecule has 4 heteroatoms. The molecule has 2 aliphatic heterocycles. The third-order valence-corrected chi connectivity index (χ3v) is 4.82. The van der Waals surface area contributed by atoms with E-state index in [1.165, 1.54) is 6.42 Å². The van der Waals surface area contributed by atoms with Crippen molar-refractivity contribution in [3.63, 3.8) is 0 Å². The molecule has 3 rings (SSSR count). The Balaban J connectivity index is 1.79. The number of fused-ring (bicyclic) bond motifs is 1. The lowest BCUT2D eigenvalue weighted by atomic mass is 10.1. The maximum Gasteiger partial charge on any atom is 0.245 e. The van der Waals surface area contributed by atoms with E-state index in [0.29, 0.717) is 19.0 Å². The highest BCUT2D eigenvalue weighted by atomic mass is 16.2. The molecule has 0 radical (unpaired) electrons. The van der Waals surface area contributed by atoms with Crippen LogP contribution in [0.4, 0.5) is 0 Å². The van der Waals surface area contributed by atoms with E-state index in [2.05, 4.69) is 6.92 Å². The molecule has 0 bridgehead atoms. The van der Waals surface area contributed by atoms with Crippen molar-refractivity contribution in [3.8, 4) is 0 Å². The third-order valence-electron chi connectivity index (χ3n) is 4.82. The first kappa shape index (κ1) is 12.0. The molecule has 0 aromatic rings. The molecule has 18 heavy (non-hydrogen) atoms. The van der Waals surface area contributed by atoms with Gasteiger partial charge in [0.25, 0.3) is 0 Å². The van der Waals surface area contributed by atoms with Gasteiger partial charge in [-0.1, -0.05) is 6.92 Å². The second-order valence-electron chi connectivity index (χ2n) is 6.10. The summed E-state index contributed by atoms with van der Waals surface area (Å²) in [5, 5.41) is 0. The molecule has 2 heterocycles. The van der Waals surface area contributed by atoms with E-state index in [1.54, 1.807) is 0 Å². The number of carbonyl (C=O) groups is 2. The molecule has 1 aliphatic carbocycles. The SMILES string of the molecule is CC1CCC(N2CCC(=O)N3CCCC3C2=O)C1. The van der Waals surface area contributed by atoms with Gasteiger partial charge in [-0.3, -0.25) is 9.59 Å². The Kier molecular flexibility index (Phi) is 3.04. The highest BCUT2D eigenvalue weighted by molar-refractivity contribution is 5.90. The van der Waals surface area contributed by atoms with Gasteiger partial charge >= 0.3 is 0 Å². The quantitative estimate of drug-likeness (QED) is 0.706. The van der Waals surface area contributed by atoms with Gasteiger partial charge in [0.2, 0.25) is 11.8 Å². The molecule has 100 valence electrons. The summed E-state index contributed by atoms with van der Waals surface area (Å²) in [5.41, 5.74) is 0. The van der Waals surface area contributed by atoms with E-state index in [0.717, 1.165) is 38.1 Å². The number of rotatable bonds is 1. The van der Waals surface area contributed by atoms with E-state index in [1.807, 2.05) is 9.80 Å². The second-order valence-corrected chi connectivity index (χ2v) is 6.10. The predicted octanol–water partition coefficient (Wildman–Crippen LogP) is 1.40. The fourth-order valence-corrected chi connectivity index (χ4v) is 3.81. The highest BCUT2D eigenvalue weighted by Gasteiger charge is 2.42. The van der Waals surface area contributed by atoms with Crippen LogP contribution in [0.2, 0.25) is 0 Å². The average Bonchev–Trinajstić information content (AvgIpc) is 2.95. The number of hydrogen-bond acceptors (Lipinski definition) is 2. The second kappa shape index (κ2) is 4.56. The van der Waals surface area contributed by atoms with Crippen LogP contribution in [0.15, 0.2) is 0 Å². The summed E-state index contributed by atoms with van der Waals surface area (Å²) < 4.78 is 0. The third kappa shape index (κ3) is 1.91. The minimum Gasteiger partial charge on any atom is -0.337 e. The topological polar surface area (TPSA) is 40.6 Å². The van der Waals surface area contributed by atoms with E-state index in [4.69, 9.17) is 0 Å². The Morgan fingerprint density at radius 2 is 1.89 bits per heavy atom. The van der Waals surface area contributed by atoms with Crippen LogP contribution in [0.1, 0.15) is 45.4 Å². The summed E-state index contributed by atoms with van der Waals surface area (Å²) in [6, 6.07) is 0.247. The summed E-state index contributed by atoms with van der Waals surface area (Å²) in [6.07, 6.45) is 5.82. The van der Waals surface area contributed by atoms with Crippen LogP contribution in [0, 0.1) is 5.92 Å². The molecule has 4 nitrogen and oxygen atoms in total. The molecule has 3 fully saturated rings. The highest BCUT2D eigenvalue weighted by Crippen LogP contribution is 2.32. The van der Waals surface area contributed by atoms with Crippen molar-refractivity contribution >= 4 is 11.8 Å². The summed E-state index contributed by atoms with van der Waals surface area (Å²) >= 11 is 0. The fraction of sp³-hybridized carbons (Fsp3) is 0.857. The number of nitrogens with zero attached hydrogens (tertiary/aromatic N) is 2. The van der Waals surface area contributed by atoms with Gasteiger partial charge in [0, 0.05) is 25.6 Å². The van der Waals surface area contributed by atoms with E-state index in [9.17, 15) is 9.59 Å². The first-order valence-corrected chi connectivity index (χ1v) is 7.27. The zero-order chi connectivity index (χ0) is 12.7. The van der Waals surface area contributed by atoms with Crippen LogP contribution in [0.5, 0.6) is 0 Å². The summed E-state index contributed by atoms with van der Waals surface area (Å²) in [5.74, 6) is 1.12. The van der Waals surface area contributed by atoms with Crippen molar-refractivity contribution in [3.05, 3.63) is 0 Å². The van der Waals surface area contributed by atoms with Crippen molar-refractivity contribution in [2.75, 3.05) is 13.1 Å². The van der Waals surface area contributed by atoms with Crippen LogP contribution >= 0.6 is 0 Å². The Morgan fingerprint density at radius 1 is 1.06 bits per heavy atom.